The molecule has 1 aliphatic rings. The Bertz CT molecular complexity index is 383. The fourth-order valence-electron chi connectivity index (χ4n) is 1.46. The number of aliphatic imine (C=N–C) groups is 1. The Kier molecular flexibility index (Phi) is 2.49. The number of aliphatic hydroxyl groups excluding tert-OH is 1. The van der Waals surface area contributed by atoms with Crippen LogP contribution in [0.5, 0.6) is 0 Å². The number of hydrogen-bond acceptors (Lipinski definition) is 3. The van der Waals surface area contributed by atoms with Crippen LogP contribution in [0.1, 0.15) is 18.1 Å². The van der Waals surface area contributed by atoms with Crippen LogP contribution in [0.3, 0.4) is 0 Å². The van der Waals surface area contributed by atoms with Crippen molar-refractivity contribution in [2.45, 2.75) is 19.4 Å². The molecule has 3 nitrogen and oxygen atoms in total. The molecule has 0 saturated carbocycles. The van der Waals surface area contributed by atoms with Gasteiger partial charge in [0.1, 0.15) is 12.1 Å². The first kappa shape index (κ1) is 10.2. The highest BCUT2D eigenvalue weighted by Gasteiger charge is 2.31. The van der Waals surface area contributed by atoms with Gasteiger partial charge in [0.25, 0.3) is 0 Å². The van der Waals surface area contributed by atoms with E-state index in [-0.39, 0.29) is 6.61 Å². The molecular weight excluding hydrogens is 190 g/mol. The number of nitrogens with zero attached hydrogens (tertiary/aromatic N) is 1. The van der Waals surface area contributed by atoms with Gasteiger partial charge in [0.2, 0.25) is 5.90 Å². The van der Waals surface area contributed by atoms with Crippen molar-refractivity contribution in [1.29, 1.82) is 0 Å². The van der Waals surface area contributed by atoms with Crippen LogP contribution in [0.2, 0.25) is 0 Å². The molecule has 0 spiro atoms. The van der Waals surface area contributed by atoms with Gasteiger partial charge in [-0.1, -0.05) is 17.7 Å². The van der Waals surface area contributed by atoms with Crippen LogP contribution in [0.25, 0.3) is 0 Å². The lowest BCUT2D eigenvalue weighted by molar-refractivity contribution is 0.170. The molecule has 1 aromatic rings. The van der Waals surface area contributed by atoms with Crippen molar-refractivity contribution in [3.8, 4) is 0 Å². The molecule has 1 aromatic carbocycles. The number of aliphatic hydroxyl groups is 1. The molecule has 0 bridgehead atoms. The molecule has 2 rings (SSSR count). The highest BCUT2D eigenvalue weighted by molar-refractivity contribution is 5.95. The fraction of sp³-hybridized carbons (Fsp3) is 0.417. The number of benzene rings is 1. The third kappa shape index (κ3) is 2.02. The first-order valence-corrected chi connectivity index (χ1v) is 5.03. The van der Waals surface area contributed by atoms with E-state index in [1.165, 1.54) is 5.56 Å². The monoisotopic (exact) mass is 205 g/mol. The molecule has 1 aliphatic heterocycles. The molecule has 0 unspecified atom stereocenters. The van der Waals surface area contributed by atoms with Gasteiger partial charge >= 0.3 is 0 Å². The Balaban J connectivity index is 2.26. The number of rotatable bonds is 2. The van der Waals surface area contributed by atoms with E-state index < -0.39 is 5.54 Å². The van der Waals surface area contributed by atoms with Crippen molar-refractivity contribution in [1.82, 2.24) is 0 Å². The molecule has 1 N–H and O–H groups in total. The first-order valence-electron chi connectivity index (χ1n) is 5.03. The Morgan fingerprint density at radius 2 is 2.07 bits per heavy atom. The smallest absolute Gasteiger partial charge is 0.216 e. The Labute approximate surface area is 89.4 Å². The quantitative estimate of drug-likeness (QED) is 0.795. The summed E-state index contributed by atoms with van der Waals surface area (Å²) in [5.41, 5.74) is 1.71. The Hall–Kier alpha value is -1.35. The number of ether oxygens (including phenoxy) is 1. The summed E-state index contributed by atoms with van der Waals surface area (Å²) in [4.78, 5) is 4.38. The highest BCUT2D eigenvalue weighted by Crippen LogP contribution is 2.20. The van der Waals surface area contributed by atoms with Crippen molar-refractivity contribution < 1.29 is 9.84 Å². The summed E-state index contributed by atoms with van der Waals surface area (Å²) in [6, 6.07) is 8.01. The summed E-state index contributed by atoms with van der Waals surface area (Å²) < 4.78 is 5.48. The van der Waals surface area contributed by atoms with Crippen LogP contribution in [0, 0.1) is 6.92 Å². The normalized spacial score (nSPS) is 24.9. The predicted molar refractivity (Wildman–Crippen MR) is 59.2 cm³/mol. The summed E-state index contributed by atoms with van der Waals surface area (Å²) >= 11 is 0. The molecule has 0 radical (unpaired) electrons. The van der Waals surface area contributed by atoms with Crippen molar-refractivity contribution >= 4 is 5.90 Å². The van der Waals surface area contributed by atoms with Gasteiger partial charge in [-0.15, -0.1) is 0 Å². The van der Waals surface area contributed by atoms with Crippen LogP contribution in [-0.4, -0.2) is 29.8 Å². The predicted octanol–water partition coefficient (Wildman–Crippen LogP) is 1.52. The molecule has 0 saturated heterocycles. The molecule has 0 amide bonds. The second-order valence-corrected chi connectivity index (χ2v) is 4.23. The minimum atomic E-state index is -0.472. The zero-order chi connectivity index (χ0) is 10.9. The Morgan fingerprint density at radius 1 is 1.40 bits per heavy atom. The second-order valence-electron chi connectivity index (χ2n) is 4.23. The van der Waals surface area contributed by atoms with Gasteiger partial charge in [0, 0.05) is 5.56 Å². The lowest BCUT2D eigenvalue weighted by atomic mass is 10.1. The highest BCUT2D eigenvalue weighted by atomic mass is 16.5. The van der Waals surface area contributed by atoms with Gasteiger partial charge in [0.05, 0.1) is 6.61 Å². The van der Waals surface area contributed by atoms with Crippen molar-refractivity contribution in [3.05, 3.63) is 35.4 Å². The first-order chi connectivity index (χ1) is 7.13. The molecule has 3 heteroatoms. The molecule has 1 heterocycles. The molecule has 15 heavy (non-hydrogen) atoms. The minimum absolute atomic E-state index is 0.0162. The SMILES string of the molecule is Cc1ccc(C2=N[C@](C)(CO)CO2)cc1. The van der Waals surface area contributed by atoms with Crippen LogP contribution < -0.4 is 0 Å². The summed E-state index contributed by atoms with van der Waals surface area (Å²) in [7, 11) is 0. The van der Waals surface area contributed by atoms with Crippen LogP contribution in [-0.2, 0) is 4.74 Å². The van der Waals surface area contributed by atoms with E-state index in [2.05, 4.69) is 4.99 Å². The van der Waals surface area contributed by atoms with E-state index in [9.17, 15) is 0 Å². The van der Waals surface area contributed by atoms with E-state index in [0.29, 0.717) is 12.5 Å². The lowest BCUT2D eigenvalue weighted by Crippen LogP contribution is -2.28. The van der Waals surface area contributed by atoms with E-state index in [1.54, 1.807) is 0 Å². The van der Waals surface area contributed by atoms with Crippen molar-refractivity contribution in [2.75, 3.05) is 13.2 Å². The third-order valence-corrected chi connectivity index (χ3v) is 2.53. The summed E-state index contributed by atoms with van der Waals surface area (Å²) in [6.45, 7) is 4.39. The average Bonchev–Trinajstić information content (AvgIpc) is 2.63. The molecule has 0 aromatic heterocycles. The third-order valence-electron chi connectivity index (χ3n) is 2.53. The lowest BCUT2D eigenvalue weighted by Gasteiger charge is -2.12. The van der Waals surface area contributed by atoms with E-state index in [0.717, 1.165) is 5.56 Å². The van der Waals surface area contributed by atoms with Crippen LogP contribution in [0.4, 0.5) is 0 Å². The largest absolute Gasteiger partial charge is 0.475 e. The standard InChI is InChI=1S/C12H15NO2/c1-9-3-5-10(6-4-9)11-13-12(2,7-14)8-15-11/h3-6,14H,7-8H2,1-2H3/t12-/m1/s1. The van der Waals surface area contributed by atoms with Crippen molar-refractivity contribution in [3.63, 3.8) is 0 Å². The maximum Gasteiger partial charge on any atom is 0.216 e. The van der Waals surface area contributed by atoms with Gasteiger partial charge in [0.15, 0.2) is 0 Å². The summed E-state index contributed by atoms with van der Waals surface area (Å²) in [5.74, 6) is 0.631. The second kappa shape index (κ2) is 3.66. The zero-order valence-electron chi connectivity index (χ0n) is 9.03. The molecule has 1 atom stereocenters. The maximum absolute atomic E-state index is 9.15. The van der Waals surface area contributed by atoms with E-state index in [1.807, 2.05) is 38.1 Å². The van der Waals surface area contributed by atoms with E-state index >= 15 is 0 Å². The molecule has 80 valence electrons. The van der Waals surface area contributed by atoms with Crippen molar-refractivity contribution in [2.24, 2.45) is 4.99 Å². The van der Waals surface area contributed by atoms with Gasteiger partial charge in [-0.2, -0.15) is 0 Å². The van der Waals surface area contributed by atoms with Gasteiger partial charge in [-0.25, -0.2) is 4.99 Å². The minimum Gasteiger partial charge on any atom is -0.475 e. The molecule has 0 fully saturated rings. The van der Waals surface area contributed by atoms with Crippen LogP contribution >= 0.6 is 0 Å². The zero-order valence-corrected chi connectivity index (χ0v) is 9.03. The summed E-state index contributed by atoms with van der Waals surface area (Å²) in [6.07, 6.45) is 0. The van der Waals surface area contributed by atoms with Gasteiger partial charge < -0.3 is 9.84 Å². The summed E-state index contributed by atoms with van der Waals surface area (Å²) in [5, 5.41) is 9.15. The average molecular weight is 205 g/mol. The number of hydrogen-bond donors (Lipinski definition) is 1. The van der Waals surface area contributed by atoms with E-state index in [4.69, 9.17) is 9.84 Å². The number of aryl methyl sites for hydroxylation is 1. The molecular formula is C12H15NO2. The topological polar surface area (TPSA) is 41.8 Å². The molecule has 0 aliphatic carbocycles. The van der Waals surface area contributed by atoms with Gasteiger partial charge in [-0.3, -0.25) is 0 Å². The maximum atomic E-state index is 9.15. The fourth-order valence-corrected chi connectivity index (χ4v) is 1.46. The Morgan fingerprint density at radius 3 is 2.60 bits per heavy atom. The van der Waals surface area contributed by atoms with Crippen LogP contribution in [0.15, 0.2) is 29.3 Å². The van der Waals surface area contributed by atoms with Gasteiger partial charge in [-0.05, 0) is 26.0 Å².